The minimum Gasteiger partial charge on any atom is -0.463 e. The average molecular weight is 570 g/mol. The van der Waals surface area contributed by atoms with E-state index >= 15 is 0 Å². The van der Waals surface area contributed by atoms with Crippen molar-refractivity contribution >= 4 is 23.9 Å². The number of ether oxygens (including phenoxy) is 6. The van der Waals surface area contributed by atoms with Crippen LogP contribution in [0.2, 0.25) is 0 Å². The Hall–Kier alpha value is -3.06. The van der Waals surface area contributed by atoms with Crippen molar-refractivity contribution in [3.05, 3.63) is 11.9 Å². The summed E-state index contributed by atoms with van der Waals surface area (Å²) >= 11 is 0. The lowest BCUT2D eigenvalue weighted by molar-refractivity contribution is -0.310. The molecule has 1 fully saturated rings. The Balaban J connectivity index is 2.06. The Bertz CT molecular complexity index is 953. The van der Waals surface area contributed by atoms with Gasteiger partial charge in [-0.25, -0.2) is 0 Å². The maximum absolute atomic E-state index is 11.9. The first-order valence-corrected chi connectivity index (χ1v) is 13.9. The SMILES string of the molecule is CCCCCCCCCCn1cc(CO[C@@H]2O[C@H](COC(C)=O)[C@@H](OC(C)=O)[C@H](OC(C)=O)[C@H]2OC(C)=O)nn1. The van der Waals surface area contributed by atoms with E-state index < -0.39 is 54.6 Å². The second-order valence-corrected chi connectivity index (χ2v) is 9.83. The minimum absolute atomic E-state index is 0.0643. The van der Waals surface area contributed by atoms with Gasteiger partial charge in [0, 0.05) is 34.2 Å². The van der Waals surface area contributed by atoms with E-state index in [4.69, 9.17) is 28.4 Å². The lowest BCUT2D eigenvalue weighted by Gasteiger charge is -2.43. The number of esters is 4. The fourth-order valence-corrected chi connectivity index (χ4v) is 4.41. The Morgan fingerprint density at radius 3 is 1.98 bits per heavy atom. The first-order valence-electron chi connectivity index (χ1n) is 13.9. The molecule has 40 heavy (non-hydrogen) atoms. The number of aromatic nitrogens is 3. The quantitative estimate of drug-likeness (QED) is 0.154. The molecule has 1 aromatic heterocycles. The number of unbranched alkanes of at least 4 members (excludes halogenated alkanes) is 7. The molecule has 0 aliphatic carbocycles. The van der Waals surface area contributed by atoms with Gasteiger partial charge in [-0.15, -0.1) is 5.10 Å². The molecule has 0 N–H and O–H groups in total. The van der Waals surface area contributed by atoms with Crippen LogP contribution >= 0.6 is 0 Å². The third kappa shape index (κ3) is 12.0. The molecular formula is C27H43N3O10. The van der Waals surface area contributed by atoms with E-state index in [0.717, 1.165) is 33.2 Å². The molecule has 0 bridgehead atoms. The number of carbonyl (C=O) groups excluding carboxylic acids is 4. The van der Waals surface area contributed by atoms with Crippen LogP contribution in [0.15, 0.2) is 6.20 Å². The highest BCUT2D eigenvalue weighted by Gasteiger charge is 2.52. The summed E-state index contributed by atoms with van der Waals surface area (Å²) in [6.07, 6.45) is 5.24. The Labute approximate surface area is 235 Å². The Morgan fingerprint density at radius 2 is 1.38 bits per heavy atom. The highest BCUT2D eigenvalue weighted by atomic mass is 16.7. The predicted molar refractivity (Wildman–Crippen MR) is 139 cm³/mol. The number of hydrogen-bond donors (Lipinski definition) is 0. The average Bonchev–Trinajstić information content (AvgIpc) is 3.33. The van der Waals surface area contributed by atoms with Crippen molar-refractivity contribution in [1.82, 2.24) is 15.0 Å². The summed E-state index contributed by atoms with van der Waals surface area (Å²) < 4.78 is 34.8. The first-order chi connectivity index (χ1) is 19.1. The molecule has 13 heteroatoms. The molecule has 0 spiro atoms. The minimum atomic E-state index is -1.29. The molecule has 0 saturated carbocycles. The van der Waals surface area contributed by atoms with Crippen molar-refractivity contribution in [2.24, 2.45) is 0 Å². The molecule has 0 unspecified atom stereocenters. The van der Waals surface area contributed by atoms with E-state index in [9.17, 15) is 19.2 Å². The molecule has 5 atom stereocenters. The van der Waals surface area contributed by atoms with Crippen molar-refractivity contribution in [3.8, 4) is 0 Å². The third-order valence-electron chi connectivity index (χ3n) is 6.17. The molecule has 226 valence electrons. The normalized spacial score (nSPS) is 22.4. The summed E-state index contributed by atoms with van der Waals surface area (Å²) in [4.78, 5) is 47.1. The van der Waals surface area contributed by atoms with E-state index in [-0.39, 0.29) is 13.2 Å². The van der Waals surface area contributed by atoms with Crippen molar-refractivity contribution < 1.29 is 47.6 Å². The largest absolute Gasteiger partial charge is 0.463 e. The van der Waals surface area contributed by atoms with Crippen molar-refractivity contribution in [2.75, 3.05) is 6.61 Å². The van der Waals surface area contributed by atoms with E-state index in [0.29, 0.717) is 5.69 Å². The van der Waals surface area contributed by atoms with Crippen LogP contribution in [0.4, 0.5) is 0 Å². The van der Waals surface area contributed by atoms with E-state index in [2.05, 4.69) is 17.2 Å². The molecule has 0 amide bonds. The standard InChI is InChI=1S/C27H43N3O10/c1-6-7-8-9-10-11-12-13-14-30-15-22(28-29-30)16-36-27-26(39-21(5)34)25(38-20(4)33)24(37-19(3)32)23(40-27)17-35-18(2)31/h15,23-27H,6-14,16-17H2,1-5H3/t23-,24-,25+,26-,27-/m1/s1. The summed E-state index contributed by atoms with van der Waals surface area (Å²) in [7, 11) is 0. The van der Waals surface area contributed by atoms with E-state index in [1.807, 2.05) is 0 Å². The van der Waals surface area contributed by atoms with Crippen LogP contribution in [0, 0.1) is 0 Å². The van der Waals surface area contributed by atoms with Gasteiger partial charge in [-0.3, -0.25) is 23.9 Å². The van der Waals surface area contributed by atoms with Crippen molar-refractivity contribution in [3.63, 3.8) is 0 Å². The highest BCUT2D eigenvalue weighted by molar-refractivity contribution is 5.68. The highest BCUT2D eigenvalue weighted by Crippen LogP contribution is 2.30. The first kappa shape index (κ1) is 33.1. The van der Waals surface area contributed by atoms with Crippen molar-refractivity contribution in [2.45, 2.75) is 130 Å². The van der Waals surface area contributed by atoms with Crippen LogP contribution in [-0.4, -0.2) is 76.2 Å². The summed E-state index contributed by atoms with van der Waals surface area (Å²) in [5, 5.41) is 8.28. The number of carbonyl (C=O) groups is 4. The number of aryl methyl sites for hydroxylation is 1. The number of hydrogen-bond acceptors (Lipinski definition) is 12. The molecule has 2 rings (SSSR count). The second kappa shape index (κ2) is 17.6. The maximum atomic E-state index is 11.9. The summed E-state index contributed by atoms with van der Waals surface area (Å²) in [5.41, 5.74) is 0.507. The fraction of sp³-hybridized carbons (Fsp3) is 0.778. The molecule has 0 aromatic carbocycles. The van der Waals surface area contributed by atoms with Crippen LogP contribution in [0.1, 0.15) is 91.7 Å². The van der Waals surface area contributed by atoms with Gasteiger partial charge in [0.2, 0.25) is 0 Å². The molecule has 13 nitrogen and oxygen atoms in total. The van der Waals surface area contributed by atoms with E-state index in [1.165, 1.54) is 52.4 Å². The summed E-state index contributed by atoms with van der Waals surface area (Å²) in [5.74, 6) is -2.71. The zero-order chi connectivity index (χ0) is 29.5. The van der Waals surface area contributed by atoms with Gasteiger partial charge in [-0.1, -0.05) is 57.1 Å². The fourth-order valence-electron chi connectivity index (χ4n) is 4.41. The van der Waals surface area contributed by atoms with Gasteiger partial charge in [0.05, 0.1) is 12.8 Å². The topological polar surface area (TPSA) is 154 Å². The van der Waals surface area contributed by atoms with Gasteiger partial charge in [-0.05, 0) is 6.42 Å². The van der Waals surface area contributed by atoms with Crippen molar-refractivity contribution in [1.29, 1.82) is 0 Å². The van der Waals surface area contributed by atoms with E-state index in [1.54, 1.807) is 10.9 Å². The van der Waals surface area contributed by atoms with Gasteiger partial charge in [0.1, 0.15) is 18.4 Å². The summed E-state index contributed by atoms with van der Waals surface area (Å²) in [6.45, 7) is 7.24. The van der Waals surface area contributed by atoms with Gasteiger partial charge in [-0.2, -0.15) is 0 Å². The lowest BCUT2D eigenvalue weighted by atomic mass is 9.98. The molecule has 1 aliphatic rings. The summed E-state index contributed by atoms with van der Waals surface area (Å²) in [6, 6.07) is 0. The molecular weight excluding hydrogens is 526 g/mol. The second-order valence-electron chi connectivity index (χ2n) is 9.83. The van der Waals surface area contributed by atoms with Crippen LogP contribution in [-0.2, 0) is 60.8 Å². The van der Waals surface area contributed by atoms with Crippen LogP contribution in [0.25, 0.3) is 0 Å². The van der Waals surface area contributed by atoms with Gasteiger partial charge in [0.15, 0.2) is 24.6 Å². The zero-order valence-corrected chi connectivity index (χ0v) is 24.2. The van der Waals surface area contributed by atoms with Gasteiger partial charge >= 0.3 is 23.9 Å². The van der Waals surface area contributed by atoms with Gasteiger partial charge < -0.3 is 28.4 Å². The third-order valence-corrected chi connectivity index (χ3v) is 6.17. The van der Waals surface area contributed by atoms with Gasteiger partial charge in [0.25, 0.3) is 0 Å². The molecule has 0 radical (unpaired) electrons. The molecule has 1 saturated heterocycles. The van der Waals surface area contributed by atoms with Crippen LogP contribution in [0.3, 0.4) is 0 Å². The zero-order valence-electron chi connectivity index (χ0n) is 24.2. The molecule has 1 aliphatic heterocycles. The number of nitrogens with zero attached hydrogens (tertiary/aromatic N) is 3. The lowest BCUT2D eigenvalue weighted by Crippen LogP contribution is -2.62. The Kier molecular flexibility index (Phi) is 14.6. The smallest absolute Gasteiger partial charge is 0.303 e. The van der Waals surface area contributed by atoms with Crippen LogP contribution in [0.5, 0.6) is 0 Å². The predicted octanol–water partition coefficient (Wildman–Crippen LogP) is 3.02. The monoisotopic (exact) mass is 569 g/mol. The number of rotatable bonds is 17. The van der Waals surface area contributed by atoms with Crippen LogP contribution < -0.4 is 0 Å². The molecule has 2 heterocycles. The molecule has 1 aromatic rings. The maximum Gasteiger partial charge on any atom is 0.303 e. The Morgan fingerprint density at radius 1 is 0.800 bits per heavy atom.